The molecule has 5 nitrogen and oxygen atoms in total. The molecule has 21 heavy (non-hydrogen) atoms. The molecular weight excluding hydrogens is 273 g/mol. The first kappa shape index (κ1) is 16.9. The van der Waals surface area contributed by atoms with E-state index in [1.54, 1.807) is 17.0 Å². The van der Waals surface area contributed by atoms with Crippen molar-refractivity contribution in [1.82, 2.24) is 15.5 Å². The molecule has 0 saturated heterocycles. The third kappa shape index (κ3) is 6.25. The lowest BCUT2D eigenvalue weighted by molar-refractivity contribution is -0.129. The van der Waals surface area contributed by atoms with Gasteiger partial charge < -0.3 is 15.5 Å². The quantitative estimate of drug-likeness (QED) is 0.801. The van der Waals surface area contributed by atoms with Gasteiger partial charge in [0, 0.05) is 19.6 Å². The monoisotopic (exact) mass is 295 g/mol. The van der Waals surface area contributed by atoms with Crippen molar-refractivity contribution < 1.29 is 14.0 Å². The van der Waals surface area contributed by atoms with Crippen LogP contribution in [0, 0.1) is 5.82 Å². The van der Waals surface area contributed by atoms with Crippen LogP contribution in [-0.4, -0.2) is 43.0 Å². The minimum atomic E-state index is -0.396. The van der Waals surface area contributed by atoms with Crippen molar-refractivity contribution in [1.29, 1.82) is 0 Å². The van der Waals surface area contributed by atoms with Crippen LogP contribution in [0.5, 0.6) is 0 Å². The Morgan fingerprint density at radius 3 is 2.52 bits per heavy atom. The van der Waals surface area contributed by atoms with Crippen molar-refractivity contribution in [3.63, 3.8) is 0 Å². The van der Waals surface area contributed by atoms with Crippen molar-refractivity contribution in [3.8, 4) is 0 Å². The van der Waals surface area contributed by atoms with Gasteiger partial charge in [-0.15, -0.1) is 0 Å². The number of carbonyl (C=O) groups excluding carboxylic acids is 2. The molecule has 0 fully saturated rings. The smallest absolute Gasteiger partial charge is 0.315 e. The Labute approximate surface area is 124 Å². The summed E-state index contributed by atoms with van der Waals surface area (Å²) < 4.78 is 13.0. The van der Waals surface area contributed by atoms with E-state index in [4.69, 9.17) is 0 Å². The van der Waals surface area contributed by atoms with Crippen LogP contribution in [0.25, 0.3) is 0 Å². The van der Waals surface area contributed by atoms with Gasteiger partial charge in [-0.05, 0) is 38.0 Å². The third-order valence-electron chi connectivity index (χ3n) is 3.10. The zero-order valence-corrected chi connectivity index (χ0v) is 12.5. The lowest BCUT2D eigenvalue weighted by atomic mass is 10.1. The van der Waals surface area contributed by atoms with Crippen LogP contribution in [0.2, 0.25) is 0 Å². The molecule has 3 amide bonds. The molecule has 6 heteroatoms. The number of nitrogens with zero attached hydrogens (tertiary/aromatic N) is 1. The zero-order chi connectivity index (χ0) is 15.7. The summed E-state index contributed by atoms with van der Waals surface area (Å²) in [5.41, 5.74) is 0.814. The highest BCUT2D eigenvalue weighted by Crippen LogP contribution is 2.03. The van der Waals surface area contributed by atoms with E-state index in [1.807, 2.05) is 13.8 Å². The van der Waals surface area contributed by atoms with Crippen LogP contribution >= 0.6 is 0 Å². The predicted octanol–water partition coefficient (Wildman–Crippen LogP) is 1.54. The standard InChI is InChI=1S/C15H22FN3O2/c1-3-19(4-2)14(20)11-18-15(21)17-9-8-12-6-5-7-13(16)10-12/h5-7,10H,3-4,8-9,11H2,1-2H3,(H2,17,18,21). The van der Waals surface area contributed by atoms with Gasteiger partial charge in [-0.3, -0.25) is 4.79 Å². The molecule has 0 saturated carbocycles. The summed E-state index contributed by atoms with van der Waals surface area (Å²) in [6.45, 7) is 5.39. The molecule has 0 bridgehead atoms. The van der Waals surface area contributed by atoms with E-state index in [9.17, 15) is 14.0 Å². The second-order valence-corrected chi connectivity index (χ2v) is 4.56. The van der Waals surface area contributed by atoms with Gasteiger partial charge in [0.15, 0.2) is 0 Å². The fraction of sp³-hybridized carbons (Fsp3) is 0.467. The summed E-state index contributed by atoms with van der Waals surface area (Å²) in [6, 6.07) is 5.85. The van der Waals surface area contributed by atoms with Gasteiger partial charge in [-0.25, -0.2) is 9.18 Å². The summed E-state index contributed by atoms with van der Waals surface area (Å²) in [6.07, 6.45) is 0.537. The van der Waals surface area contributed by atoms with Crippen LogP contribution in [0.4, 0.5) is 9.18 Å². The van der Waals surface area contributed by atoms with E-state index in [-0.39, 0.29) is 18.3 Å². The van der Waals surface area contributed by atoms with Crippen LogP contribution < -0.4 is 10.6 Å². The maximum Gasteiger partial charge on any atom is 0.315 e. The molecule has 1 aromatic carbocycles. The summed E-state index contributed by atoms with van der Waals surface area (Å²) in [7, 11) is 0. The van der Waals surface area contributed by atoms with E-state index >= 15 is 0 Å². The third-order valence-corrected chi connectivity index (χ3v) is 3.10. The van der Waals surface area contributed by atoms with Crippen LogP contribution in [0.1, 0.15) is 19.4 Å². The Balaban J connectivity index is 2.24. The Hall–Kier alpha value is -2.11. The van der Waals surface area contributed by atoms with Gasteiger partial charge in [0.25, 0.3) is 0 Å². The molecule has 0 atom stereocenters. The van der Waals surface area contributed by atoms with Crippen LogP contribution in [0.15, 0.2) is 24.3 Å². The van der Waals surface area contributed by atoms with Crippen molar-refractivity contribution in [2.24, 2.45) is 0 Å². The average molecular weight is 295 g/mol. The van der Waals surface area contributed by atoms with Gasteiger partial charge in [0.05, 0.1) is 6.54 Å². The van der Waals surface area contributed by atoms with E-state index in [1.165, 1.54) is 12.1 Å². The van der Waals surface area contributed by atoms with Gasteiger partial charge >= 0.3 is 6.03 Å². The van der Waals surface area contributed by atoms with Crippen molar-refractivity contribution in [2.45, 2.75) is 20.3 Å². The van der Waals surface area contributed by atoms with Gasteiger partial charge in [0.2, 0.25) is 5.91 Å². The number of nitrogens with one attached hydrogen (secondary N) is 2. The number of amides is 3. The van der Waals surface area contributed by atoms with Crippen molar-refractivity contribution in [3.05, 3.63) is 35.6 Å². The second-order valence-electron chi connectivity index (χ2n) is 4.56. The number of hydrogen-bond donors (Lipinski definition) is 2. The van der Waals surface area contributed by atoms with Crippen molar-refractivity contribution >= 4 is 11.9 Å². The highest BCUT2D eigenvalue weighted by molar-refractivity contribution is 5.83. The SMILES string of the molecule is CCN(CC)C(=O)CNC(=O)NCCc1cccc(F)c1. The largest absolute Gasteiger partial charge is 0.342 e. The molecule has 0 spiro atoms. The molecule has 116 valence electrons. The molecule has 0 aliphatic rings. The molecule has 0 aromatic heterocycles. The molecule has 0 heterocycles. The summed E-state index contributed by atoms with van der Waals surface area (Å²) in [5.74, 6) is -0.401. The topological polar surface area (TPSA) is 61.4 Å². The Bertz CT molecular complexity index is 476. The van der Waals surface area contributed by atoms with Gasteiger partial charge in [-0.1, -0.05) is 12.1 Å². The molecule has 2 N–H and O–H groups in total. The maximum absolute atomic E-state index is 13.0. The first-order valence-corrected chi connectivity index (χ1v) is 7.10. The molecule has 0 aliphatic carbocycles. The predicted molar refractivity (Wildman–Crippen MR) is 79.4 cm³/mol. The lowest BCUT2D eigenvalue weighted by Gasteiger charge is -2.18. The summed E-state index contributed by atoms with van der Waals surface area (Å²) >= 11 is 0. The highest BCUT2D eigenvalue weighted by Gasteiger charge is 2.10. The number of halogens is 1. The Morgan fingerprint density at radius 2 is 1.90 bits per heavy atom. The highest BCUT2D eigenvalue weighted by atomic mass is 19.1. The fourth-order valence-electron chi connectivity index (χ4n) is 1.92. The molecular formula is C15H22FN3O2. The first-order valence-electron chi connectivity index (χ1n) is 7.10. The van der Waals surface area contributed by atoms with E-state index < -0.39 is 6.03 Å². The first-order chi connectivity index (χ1) is 10.1. The summed E-state index contributed by atoms with van der Waals surface area (Å²) in [4.78, 5) is 24.9. The molecule has 0 unspecified atom stereocenters. The van der Waals surface area contributed by atoms with Crippen molar-refractivity contribution in [2.75, 3.05) is 26.2 Å². The Morgan fingerprint density at radius 1 is 1.19 bits per heavy atom. The van der Waals surface area contributed by atoms with Gasteiger partial charge in [0.1, 0.15) is 5.82 Å². The zero-order valence-electron chi connectivity index (χ0n) is 12.5. The minimum Gasteiger partial charge on any atom is -0.342 e. The lowest BCUT2D eigenvalue weighted by Crippen LogP contribution is -2.44. The van der Waals surface area contributed by atoms with E-state index in [0.29, 0.717) is 26.1 Å². The summed E-state index contributed by atoms with van der Waals surface area (Å²) in [5, 5.41) is 5.15. The normalized spacial score (nSPS) is 10.0. The van der Waals surface area contributed by atoms with E-state index in [2.05, 4.69) is 10.6 Å². The number of likely N-dealkylation sites (N-methyl/N-ethyl adjacent to an activating group) is 1. The van der Waals surface area contributed by atoms with Gasteiger partial charge in [-0.2, -0.15) is 0 Å². The molecule has 0 aliphatic heterocycles. The average Bonchev–Trinajstić information content (AvgIpc) is 2.46. The maximum atomic E-state index is 13.0. The number of carbonyl (C=O) groups is 2. The molecule has 0 radical (unpaired) electrons. The van der Waals surface area contributed by atoms with E-state index in [0.717, 1.165) is 5.56 Å². The number of rotatable bonds is 7. The molecule has 1 rings (SSSR count). The Kier molecular flexibility index (Phi) is 7.21. The number of benzene rings is 1. The molecule has 1 aromatic rings. The fourth-order valence-corrected chi connectivity index (χ4v) is 1.92. The second kappa shape index (κ2) is 8.94. The minimum absolute atomic E-state index is 0.0204. The number of urea groups is 1. The van der Waals surface area contributed by atoms with Crippen LogP contribution in [0.3, 0.4) is 0 Å². The number of hydrogen-bond acceptors (Lipinski definition) is 2. The van der Waals surface area contributed by atoms with Crippen LogP contribution in [-0.2, 0) is 11.2 Å².